The van der Waals surface area contributed by atoms with Crippen molar-refractivity contribution in [3.05, 3.63) is 11.3 Å². The first-order valence-corrected chi connectivity index (χ1v) is 11.8. The van der Waals surface area contributed by atoms with Gasteiger partial charge in [-0.05, 0) is 35.0 Å². The lowest BCUT2D eigenvalue weighted by atomic mass is 9.72. The van der Waals surface area contributed by atoms with Crippen molar-refractivity contribution < 1.29 is 14.0 Å². The van der Waals surface area contributed by atoms with Crippen LogP contribution in [-0.4, -0.2) is 21.4 Å². The molecular weight excluding hydrogens is 316 g/mol. The molecule has 0 aromatic heterocycles. The third kappa shape index (κ3) is 3.73. The van der Waals surface area contributed by atoms with Crippen molar-refractivity contribution in [2.75, 3.05) is 7.11 Å². The molecule has 1 aliphatic rings. The van der Waals surface area contributed by atoms with Crippen molar-refractivity contribution in [1.82, 2.24) is 0 Å². The highest BCUT2D eigenvalue weighted by Crippen LogP contribution is 2.51. The number of hydrogen-bond donors (Lipinski definition) is 0. The molecule has 0 radical (unpaired) electrons. The van der Waals surface area contributed by atoms with Crippen molar-refractivity contribution in [3.8, 4) is 0 Å². The average molecular weight is 355 g/mol. The van der Waals surface area contributed by atoms with Gasteiger partial charge in [0, 0.05) is 5.92 Å². The second kappa shape index (κ2) is 8.55. The quantitative estimate of drug-likeness (QED) is 0.373. The van der Waals surface area contributed by atoms with E-state index in [0.29, 0.717) is 16.6 Å². The number of unbranched alkanes of at least 4 members (excludes halogenated alkanes) is 1. The molecule has 0 aromatic rings. The molecule has 1 aliphatic carbocycles. The fraction of sp³-hybridized carbons (Fsp3) is 0.850. The van der Waals surface area contributed by atoms with E-state index in [1.54, 1.807) is 0 Å². The molecule has 0 saturated carbocycles. The van der Waals surface area contributed by atoms with Crippen molar-refractivity contribution in [3.63, 3.8) is 0 Å². The Morgan fingerprint density at radius 1 is 1.08 bits per heavy atom. The smallest absolute Gasteiger partial charge is 0.316 e. The van der Waals surface area contributed by atoms with Crippen LogP contribution in [0.5, 0.6) is 0 Å². The van der Waals surface area contributed by atoms with E-state index >= 15 is 0 Å². The van der Waals surface area contributed by atoms with Gasteiger partial charge >= 0.3 is 5.97 Å². The van der Waals surface area contributed by atoms with Crippen molar-refractivity contribution in [1.29, 1.82) is 0 Å². The maximum absolute atomic E-state index is 12.3. The number of methoxy groups -OCH3 is 1. The Hall–Kier alpha value is -0.773. The molecule has 0 N–H and O–H groups in total. The second-order valence-electron chi connectivity index (χ2n) is 8.20. The summed E-state index contributed by atoms with van der Waals surface area (Å²) < 4.78 is 12.0. The molecule has 0 amide bonds. The molecule has 0 heterocycles. The van der Waals surface area contributed by atoms with Gasteiger partial charge in [-0.15, -0.1) is 0 Å². The van der Waals surface area contributed by atoms with Gasteiger partial charge in [-0.1, -0.05) is 61.8 Å². The highest BCUT2D eigenvalue weighted by molar-refractivity contribution is 6.77. The number of carbonyl (C=O) groups is 1. The van der Waals surface area contributed by atoms with Gasteiger partial charge < -0.3 is 9.16 Å². The minimum absolute atomic E-state index is 0.142. The van der Waals surface area contributed by atoms with Gasteiger partial charge in [-0.2, -0.15) is 0 Å². The predicted molar refractivity (Wildman–Crippen MR) is 103 cm³/mol. The number of allylic oxidation sites excluding steroid dienone is 1. The van der Waals surface area contributed by atoms with Crippen LogP contribution in [0.4, 0.5) is 0 Å². The fourth-order valence-electron chi connectivity index (χ4n) is 4.59. The summed E-state index contributed by atoms with van der Waals surface area (Å²) in [4.78, 5) is 12.3. The summed E-state index contributed by atoms with van der Waals surface area (Å²) in [6, 6.07) is 0. The van der Waals surface area contributed by atoms with E-state index in [0.717, 1.165) is 25.0 Å². The first-order valence-electron chi connectivity index (χ1n) is 9.64. The third-order valence-electron chi connectivity index (χ3n) is 5.90. The first-order chi connectivity index (χ1) is 11.1. The molecule has 140 valence electrons. The van der Waals surface area contributed by atoms with Gasteiger partial charge in [0.25, 0.3) is 8.32 Å². The maximum atomic E-state index is 12.3. The van der Waals surface area contributed by atoms with Crippen LogP contribution >= 0.6 is 0 Å². The maximum Gasteiger partial charge on any atom is 0.316 e. The summed E-state index contributed by atoms with van der Waals surface area (Å²) in [5.74, 6) is 0.865. The number of rotatable bonds is 9. The second-order valence-corrected chi connectivity index (χ2v) is 13.6. The van der Waals surface area contributed by atoms with Crippen LogP contribution in [0.3, 0.4) is 0 Å². The number of esters is 1. The number of hydrogen-bond acceptors (Lipinski definition) is 3. The van der Waals surface area contributed by atoms with Gasteiger partial charge in [0.15, 0.2) is 0 Å². The predicted octanol–water partition coefficient (Wildman–Crippen LogP) is 6.06. The molecule has 0 unspecified atom stereocenters. The number of carbonyl (C=O) groups excluding carboxylic acids is 1. The van der Waals surface area contributed by atoms with E-state index in [-0.39, 0.29) is 17.8 Å². The highest BCUT2D eigenvalue weighted by Gasteiger charge is 2.52. The lowest BCUT2D eigenvalue weighted by Gasteiger charge is -2.48. The van der Waals surface area contributed by atoms with Crippen molar-refractivity contribution in [2.45, 2.75) is 91.3 Å². The molecule has 4 heteroatoms. The summed E-state index contributed by atoms with van der Waals surface area (Å²) in [5.41, 5.74) is 2.87. The van der Waals surface area contributed by atoms with Crippen LogP contribution < -0.4 is 0 Å². The van der Waals surface area contributed by atoms with Gasteiger partial charge in [-0.25, -0.2) is 0 Å². The van der Waals surface area contributed by atoms with E-state index in [9.17, 15) is 4.79 Å². The van der Waals surface area contributed by atoms with Crippen LogP contribution in [0.15, 0.2) is 11.3 Å². The Balaban J connectivity index is 3.28. The van der Waals surface area contributed by atoms with Gasteiger partial charge in [0.05, 0.1) is 12.9 Å². The van der Waals surface area contributed by atoms with Crippen LogP contribution in [0.2, 0.25) is 16.6 Å². The summed E-state index contributed by atoms with van der Waals surface area (Å²) in [6.07, 6.45) is 3.35. The molecule has 24 heavy (non-hydrogen) atoms. The Labute approximate surface area is 150 Å². The zero-order valence-electron chi connectivity index (χ0n) is 17.2. The normalized spacial score (nSPS) is 21.5. The Morgan fingerprint density at radius 3 is 1.96 bits per heavy atom. The lowest BCUT2D eigenvalue weighted by molar-refractivity contribution is -0.147. The monoisotopic (exact) mass is 354 g/mol. The molecule has 1 rings (SSSR count). The summed E-state index contributed by atoms with van der Waals surface area (Å²) in [7, 11) is -0.556. The topological polar surface area (TPSA) is 35.5 Å². The summed E-state index contributed by atoms with van der Waals surface area (Å²) in [5, 5.41) is 0. The lowest BCUT2D eigenvalue weighted by Crippen LogP contribution is -2.51. The van der Waals surface area contributed by atoms with Crippen LogP contribution in [-0.2, 0) is 14.0 Å². The SMILES string of the molecule is CCCCC1=C(O[Si](C(C)C)(C(C)C)C(C)C)[C@@H](C(=O)OC)[C@@H]1C. The largest absolute Gasteiger partial charge is 0.545 e. The summed E-state index contributed by atoms with van der Waals surface area (Å²) >= 11 is 0. The van der Waals surface area contributed by atoms with Gasteiger partial charge in [-0.3, -0.25) is 4.79 Å². The Kier molecular flexibility index (Phi) is 7.58. The molecule has 2 atom stereocenters. The minimum atomic E-state index is -2.04. The van der Waals surface area contributed by atoms with Crippen molar-refractivity contribution >= 4 is 14.3 Å². The van der Waals surface area contributed by atoms with E-state index < -0.39 is 8.32 Å². The van der Waals surface area contributed by atoms with E-state index in [4.69, 9.17) is 9.16 Å². The molecule has 0 spiro atoms. The Bertz CT molecular complexity index is 444. The first kappa shape index (κ1) is 21.3. The Morgan fingerprint density at radius 2 is 1.58 bits per heavy atom. The van der Waals surface area contributed by atoms with E-state index in [1.165, 1.54) is 12.7 Å². The highest BCUT2D eigenvalue weighted by atomic mass is 28.4. The fourth-order valence-corrected chi connectivity index (χ4v) is 9.93. The average Bonchev–Trinajstić information content (AvgIpc) is 2.49. The van der Waals surface area contributed by atoms with Gasteiger partial charge in [0.2, 0.25) is 0 Å². The molecular formula is C20H38O3Si. The van der Waals surface area contributed by atoms with Crippen LogP contribution in [0.1, 0.15) is 74.7 Å². The van der Waals surface area contributed by atoms with Gasteiger partial charge in [0.1, 0.15) is 5.92 Å². The molecule has 0 fully saturated rings. The number of ether oxygens (including phenoxy) is 1. The molecule has 0 aromatic carbocycles. The van der Waals surface area contributed by atoms with Crippen LogP contribution in [0, 0.1) is 11.8 Å². The zero-order valence-corrected chi connectivity index (χ0v) is 18.2. The minimum Gasteiger partial charge on any atom is -0.545 e. The third-order valence-corrected chi connectivity index (χ3v) is 11.9. The summed E-state index contributed by atoms with van der Waals surface area (Å²) in [6.45, 7) is 18.1. The van der Waals surface area contributed by atoms with E-state index in [2.05, 4.69) is 55.4 Å². The molecule has 0 bridgehead atoms. The molecule has 3 nitrogen and oxygen atoms in total. The van der Waals surface area contributed by atoms with E-state index in [1.807, 2.05) is 0 Å². The van der Waals surface area contributed by atoms with Crippen LogP contribution in [0.25, 0.3) is 0 Å². The molecule has 0 saturated heterocycles. The standard InChI is InChI=1S/C20H38O3Si/c1-10-11-12-17-16(8)18(20(21)22-9)19(17)23-24(13(2)3,14(4)5)15(6)7/h13-16,18H,10-12H2,1-9H3/t16-,18+/m1/s1. The van der Waals surface area contributed by atoms with Crippen molar-refractivity contribution in [2.24, 2.45) is 11.8 Å². The molecule has 0 aliphatic heterocycles. The zero-order chi connectivity index (χ0) is 18.7.